The van der Waals surface area contributed by atoms with Crippen LogP contribution >= 0.6 is 11.8 Å². The number of aliphatic hydroxyl groups is 1. The minimum Gasteiger partial charge on any atom is -0.391 e. The van der Waals surface area contributed by atoms with Gasteiger partial charge in [0, 0.05) is 31.2 Å². The largest absolute Gasteiger partial charge is 0.391 e. The molecule has 1 aromatic carbocycles. The van der Waals surface area contributed by atoms with Crippen molar-refractivity contribution in [3.63, 3.8) is 0 Å². The Bertz CT molecular complexity index is 686. The molecule has 1 amide bonds. The van der Waals surface area contributed by atoms with Crippen molar-refractivity contribution in [2.24, 2.45) is 5.92 Å². The first-order valence-corrected chi connectivity index (χ1v) is 9.07. The van der Waals surface area contributed by atoms with Crippen molar-refractivity contribution in [1.82, 2.24) is 14.9 Å². The Balaban J connectivity index is 1.74. The summed E-state index contributed by atoms with van der Waals surface area (Å²) in [5.41, 5.74) is 1.55. The fraction of sp³-hybridized carbons (Fsp3) is 0.389. The fourth-order valence-electron chi connectivity index (χ4n) is 2.94. The van der Waals surface area contributed by atoms with Crippen LogP contribution in [0.25, 0.3) is 0 Å². The third kappa shape index (κ3) is 4.13. The highest BCUT2D eigenvalue weighted by Crippen LogP contribution is 2.25. The van der Waals surface area contributed by atoms with E-state index in [9.17, 15) is 9.90 Å². The van der Waals surface area contributed by atoms with Crippen molar-refractivity contribution >= 4 is 17.7 Å². The number of aromatic nitrogens is 2. The van der Waals surface area contributed by atoms with Gasteiger partial charge in [-0.25, -0.2) is 9.97 Å². The smallest absolute Gasteiger partial charge is 0.275 e. The molecular weight excluding hydrogens is 322 g/mol. The van der Waals surface area contributed by atoms with E-state index in [1.54, 1.807) is 17.3 Å². The summed E-state index contributed by atoms with van der Waals surface area (Å²) in [6.07, 6.45) is 3.43. The maximum absolute atomic E-state index is 12.8. The number of carbonyl (C=O) groups excluding carboxylic acids is 1. The SMILES string of the molecule is C[C@@H]1C[C@H](O)CN(C(=O)c2nccnc2SCc2ccccc2)C1. The normalized spacial score (nSPS) is 20.8. The van der Waals surface area contributed by atoms with Crippen molar-refractivity contribution in [2.45, 2.75) is 30.2 Å². The molecule has 1 aromatic heterocycles. The molecule has 2 heterocycles. The molecule has 24 heavy (non-hydrogen) atoms. The highest BCUT2D eigenvalue weighted by molar-refractivity contribution is 7.98. The van der Waals surface area contributed by atoms with Crippen LogP contribution in [0.4, 0.5) is 0 Å². The predicted molar refractivity (Wildman–Crippen MR) is 93.7 cm³/mol. The Labute approximate surface area is 146 Å². The number of benzene rings is 1. The van der Waals surface area contributed by atoms with Crippen LogP contribution in [0, 0.1) is 5.92 Å². The van der Waals surface area contributed by atoms with Gasteiger partial charge in [-0.2, -0.15) is 0 Å². The topological polar surface area (TPSA) is 66.3 Å². The maximum atomic E-state index is 12.8. The summed E-state index contributed by atoms with van der Waals surface area (Å²) in [7, 11) is 0. The first kappa shape index (κ1) is 16.9. The molecule has 2 atom stereocenters. The molecule has 0 saturated carbocycles. The summed E-state index contributed by atoms with van der Waals surface area (Å²) >= 11 is 1.51. The third-order valence-electron chi connectivity index (χ3n) is 4.01. The van der Waals surface area contributed by atoms with Crippen molar-refractivity contribution < 1.29 is 9.90 Å². The predicted octanol–water partition coefficient (Wildman–Crippen LogP) is 2.61. The van der Waals surface area contributed by atoms with Crippen LogP contribution in [0.3, 0.4) is 0 Å². The molecule has 0 unspecified atom stereocenters. The van der Waals surface area contributed by atoms with Gasteiger partial charge in [0.1, 0.15) is 5.03 Å². The molecule has 0 spiro atoms. The van der Waals surface area contributed by atoms with Gasteiger partial charge in [-0.05, 0) is 17.9 Å². The first-order valence-electron chi connectivity index (χ1n) is 8.08. The van der Waals surface area contributed by atoms with Gasteiger partial charge in [-0.1, -0.05) is 49.0 Å². The molecule has 0 radical (unpaired) electrons. The van der Waals surface area contributed by atoms with E-state index in [4.69, 9.17) is 0 Å². The van der Waals surface area contributed by atoms with E-state index in [0.717, 1.165) is 12.2 Å². The van der Waals surface area contributed by atoms with Crippen LogP contribution < -0.4 is 0 Å². The van der Waals surface area contributed by atoms with Gasteiger partial charge in [0.15, 0.2) is 5.69 Å². The lowest BCUT2D eigenvalue weighted by Gasteiger charge is -2.34. The number of β-amino-alcohol motifs (C(OH)–C–C–N with tert-alkyl or cyclic N) is 1. The summed E-state index contributed by atoms with van der Waals surface area (Å²) < 4.78 is 0. The van der Waals surface area contributed by atoms with E-state index in [1.165, 1.54) is 17.3 Å². The van der Waals surface area contributed by atoms with Crippen LogP contribution in [-0.4, -0.2) is 45.1 Å². The molecular formula is C18H21N3O2S. The van der Waals surface area contributed by atoms with Gasteiger partial charge in [-0.3, -0.25) is 4.79 Å². The maximum Gasteiger partial charge on any atom is 0.275 e. The van der Waals surface area contributed by atoms with E-state index >= 15 is 0 Å². The second-order valence-electron chi connectivity index (χ2n) is 6.19. The molecule has 1 fully saturated rings. The lowest BCUT2D eigenvalue weighted by molar-refractivity contribution is 0.0331. The van der Waals surface area contributed by atoms with E-state index in [-0.39, 0.29) is 11.8 Å². The van der Waals surface area contributed by atoms with E-state index < -0.39 is 6.10 Å². The standard InChI is InChI=1S/C18H21N3O2S/c1-13-9-15(22)11-21(10-13)18(23)16-17(20-8-7-19-16)24-12-14-5-3-2-4-6-14/h2-8,13,15,22H,9-12H2,1H3/t13-,15+/m1/s1. The Morgan fingerprint density at radius 3 is 2.75 bits per heavy atom. The summed E-state index contributed by atoms with van der Waals surface area (Å²) in [6, 6.07) is 10.1. The number of carbonyl (C=O) groups is 1. The zero-order valence-electron chi connectivity index (χ0n) is 13.6. The zero-order valence-corrected chi connectivity index (χ0v) is 14.4. The molecule has 6 heteroatoms. The zero-order chi connectivity index (χ0) is 16.9. The highest BCUT2D eigenvalue weighted by Gasteiger charge is 2.29. The van der Waals surface area contributed by atoms with E-state index in [2.05, 4.69) is 9.97 Å². The molecule has 126 valence electrons. The molecule has 0 bridgehead atoms. The minimum atomic E-state index is -0.463. The number of hydrogen-bond acceptors (Lipinski definition) is 5. The van der Waals surface area contributed by atoms with Gasteiger partial charge in [0.2, 0.25) is 0 Å². The Morgan fingerprint density at radius 1 is 1.25 bits per heavy atom. The van der Waals surface area contributed by atoms with Crippen molar-refractivity contribution in [2.75, 3.05) is 13.1 Å². The lowest BCUT2D eigenvalue weighted by atomic mass is 9.98. The fourth-order valence-corrected chi connectivity index (χ4v) is 3.85. The number of nitrogens with zero attached hydrogens (tertiary/aromatic N) is 3. The molecule has 1 saturated heterocycles. The summed E-state index contributed by atoms with van der Waals surface area (Å²) in [5, 5.41) is 10.6. The lowest BCUT2D eigenvalue weighted by Crippen LogP contribution is -2.46. The molecule has 5 nitrogen and oxygen atoms in total. The van der Waals surface area contributed by atoms with Gasteiger partial charge in [-0.15, -0.1) is 0 Å². The Hall–Kier alpha value is -1.92. The molecule has 1 aliphatic rings. The van der Waals surface area contributed by atoms with Gasteiger partial charge < -0.3 is 10.0 Å². The van der Waals surface area contributed by atoms with Crippen molar-refractivity contribution in [3.05, 3.63) is 54.0 Å². The molecule has 1 N–H and O–H groups in total. The number of amides is 1. The van der Waals surface area contributed by atoms with Crippen LogP contribution in [0.15, 0.2) is 47.8 Å². The van der Waals surface area contributed by atoms with E-state index in [1.807, 2.05) is 37.3 Å². The number of hydrogen-bond donors (Lipinski definition) is 1. The van der Waals surface area contributed by atoms with E-state index in [0.29, 0.717) is 23.8 Å². The number of piperidine rings is 1. The van der Waals surface area contributed by atoms with Crippen LogP contribution in [0.2, 0.25) is 0 Å². The van der Waals surface area contributed by atoms with Crippen LogP contribution in [0.5, 0.6) is 0 Å². The first-order chi connectivity index (χ1) is 11.6. The molecule has 1 aliphatic heterocycles. The van der Waals surface area contributed by atoms with Crippen LogP contribution in [0.1, 0.15) is 29.4 Å². The number of rotatable bonds is 4. The number of aliphatic hydroxyl groups excluding tert-OH is 1. The highest BCUT2D eigenvalue weighted by atomic mass is 32.2. The molecule has 0 aliphatic carbocycles. The summed E-state index contributed by atoms with van der Waals surface area (Å²) in [6.45, 7) is 3.06. The van der Waals surface area contributed by atoms with Gasteiger partial charge in [0.05, 0.1) is 6.10 Å². The average molecular weight is 343 g/mol. The van der Waals surface area contributed by atoms with Crippen molar-refractivity contribution in [1.29, 1.82) is 0 Å². The van der Waals surface area contributed by atoms with Crippen LogP contribution in [-0.2, 0) is 5.75 Å². The Kier molecular flexibility index (Phi) is 5.48. The second-order valence-corrected chi connectivity index (χ2v) is 7.15. The minimum absolute atomic E-state index is 0.149. The summed E-state index contributed by atoms with van der Waals surface area (Å²) in [4.78, 5) is 23.1. The monoisotopic (exact) mass is 343 g/mol. The average Bonchev–Trinajstić information content (AvgIpc) is 2.59. The summed E-state index contributed by atoms with van der Waals surface area (Å²) in [5.74, 6) is 0.873. The number of thioether (sulfide) groups is 1. The van der Waals surface area contributed by atoms with Gasteiger partial charge in [0.25, 0.3) is 5.91 Å². The third-order valence-corrected chi connectivity index (χ3v) is 5.06. The van der Waals surface area contributed by atoms with Gasteiger partial charge >= 0.3 is 0 Å². The van der Waals surface area contributed by atoms with Crippen molar-refractivity contribution in [3.8, 4) is 0 Å². The molecule has 2 aromatic rings. The number of likely N-dealkylation sites (tertiary alicyclic amines) is 1. The quantitative estimate of drug-likeness (QED) is 0.865. The Morgan fingerprint density at radius 2 is 2.00 bits per heavy atom. The molecule has 3 rings (SSSR count). The second kappa shape index (κ2) is 7.77.